The zero-order chi connectivity index (χ0) is 13.4. The van der Waals surface area contributed by atoms with Crippen LogP contribution in [0.3, 0.4) is 0 Å². The molecule has 0 aliphatic carbocycles. The molecule has 3 aromatic rings. The summed E-state index contributed by atoms with van der Waals surface area (Å²) in [6, 6.07) is 8.99. The van der Waals surface area contributed by atoms with E-state index in [0.717, 1.165) is 12.4 Å². The van der Waals surface area contributed by atoms with E-state index in [1.165, 1.54) is 16.5 Å². The smallest absolute Gasteiger partial charge is 0.147 e. The van der Waals surface area contributed by atoms with Crippen molar-refractivity contribution in [2.75, 3.05) is 0 Å². The molecule has 0 spiro atoms. The van der Waals surface area contributed by atoms with E-state index in [-0.39, 0.29) is 0 Å². The molecule has 0 saturated carbocycles. The Bertz CT molecular complexity index is 706. The van der Waals surface area contributed by atoms with E-state index in [1.807, 2.05) is 4.68 Å². The van der Waals surface area contributed by atoms with Gasteiger partial charge in [0.1, 0.15) is 12.2 Å². The third kappa shape index (κ3) is 2.14. The summed E-state index contributed by atoms with van der Waals surface area (Å²) in [5.74, 6) is 0.994. The molecule has 3 rings (SSSR count). The van der Waals surface area contributed by atoms with Crippen LogP contribution in [0.1, 0.15) is 31.3 Å². The quantitative estimate of drug-likeness (QED) is 0.719. The molecule has 0 fully saturated rings. The minimum Gasteiger partial charge on any atom is -0.340 e. The summed E-state index contributed by atoms with van der Waals surface area (Å²) in [7, 11) is 0. The van der Waals surface area contributed by atoms with Gasteiger partial charge >= 0.3 is 0 Å². The monoisotopic (exact) mass is 254 g/mol. The van der Waals surface area contributed by atoms with Gasteiger partial charge in [0.2, 0.25) is 0 Å². The fourth-order valence-corrected chi connectivity index (χ4v) is 2.40. The molecule has 0 saturated heterocycles. The molecule has 19 heavy (non-hydrogen) atoms. The van der Waals surface area contributed by atoms with Gasteiger partial charge in [-0.05, 0) is 43.9 Å². The van der Waals surface area contributed by atoms with Gasteiger partial charge in [-0.25, -0.2) is 9.67 Å². The van der Waals surface area contributed by atoms with Crippen LogP contribution in [-0.4, -0.2) is 19.3 Å². The average Bonchev–Trinajstić information content (AvgIpc) is 2.97. The van der Waals surface area contributed by atoms with Gasteiger partial charge in [0, 0.05) is 17.8 Å². The van der Waals surface area contributed by atoms with Crippen molar-refractivity contribution in [3.63, 3.8) is 0 Å². The second-order valence-corrected chi connectivity index (χ2v) is 5.22. The van der Waals surface area contributed by atoms with Gasteiger partial charge in [-0.3, -0.25) is 0 Å². The molecule has 0 radical (unpaired) electrons. The van der Waals surface area contributed by atoms with Gasteiger partial charge in [-0.2, -0.15) is 5.10 Å². The summed E-state index contributed by atoms with van der Waals surface area (Å²) in [4.78, 5) is 4.37. The first-order chi connectivity index (χ1) is 9.15. The molecule has 0 N–H and O–H groups in total. The SMILES string of the molecule is Cc1ccc2ccn(Cc3ncnn3C(C)C)c2c1. The largest absolute Gasteiger partial charge is 0.340 e. The van der Waals surface area contributed by atoms with Crippen LogP contribution < -0.4 is 0 Å². The van der Waals surface area contributed by atoms with Crippen LogP contribution in [0.25, 0.3) is 10.9 Å². The van der Waals surface area contributed by atoms with Crippen LogP contribution in [0.15, 0.2) is 36.8 Å². The normalized spacial score (nSPS) is 11.6. The predicted octanol–water partition coefficient (Wildman–Crippen LogP) is 3.17. The van der Waals surface area contributed by atoms with Gasteiger partial charge in [-0.1, -0.05) is 12.1 Å². The highest BCUT2D eigenvalue weighted by molar-refractivity contribution is 5.80. The van der Waals surface area contributed by atoms with E-state index in [0.29, 0.717) is 6.04 Å². The number of aryl methyl sites for hydroxylation is 1. The van der Waals surface area contributed by atoms with Gasteiger partial charge in [-0.15, -0.1) is 0 Å². The lowest BCUT2D eigenvalue weighted by Crippen LogP contribution is -2.11. The van der Waals surface area contributed by atoms with Crippen molar-refractivity contribution >= 4 is 10.9 Å². The van der Waals surface area contributed by atoms with Crippen LogP contribution in [0.5, 0.6) is 0 Å². The fraction of sp³-hybridized carbons (Fsp3) is 0.333. The highest BCUT2D eigenvalue weighted by Gasteiger charge is 2.09. The molecule has 0 unspecified atom stereocenters. The maximum absolute atomic E-state index is 4.37. The number of nitrogens with zero attached hydrogens (tertiary/aromatic N) is 4. The maximum atomic E-state index is 4.37. The van der Waals surface area contributed by atoms with Crippen molar-refractivity contribution in [1.82, 2.24) is 19.3 Å². The van der Waals surface area contributed by atoms with Gasteiger partial charge in [0.25, 0.3) is 0 Å². The molecule has 0 bridgehead atoms. The Kier molecular flexibility index (Phi) is 2.85. The summed E-state index contributed by atoms with van der Waals surface area (Å²) >= 11 is 0. The molecule has 1 aromatic carbocycles. The van der Waals surface area contributed by atoms with Crippen LogP contribution in [-0.2, 0) is 6.54 Å². The Hall–Kier alpha value is -2.10. The molecular formula is C15H18N4. The lowest BCUT2D eigenvalue weighted by molar-refractivity contribution is 0.498. The van der Waals surface area contributed by atoms with E-state index >= 15 is 0 Å². The molecule has 0 aliphatic heterocycles. The summed E-state index contributed by atoms with van der Waals surface area (Å²) < 4.78 is 4.20. The van der Waals surface area contributed by atoms with Crippen molar-refractivity contribution in [1.29, 1.82) is 0 Å². The van der Waals surface area contributed by atoms with Gasteiger partial charge in [0.15, 0.2) is 0 Å². The Morgan fingerprint density at radius 1 is 1.21 bits per heavy atom. The molecule has 0 atom stereocenters. The Morgan fingerprint density at radius 3 is 2.84 bits per heavy atom. The number of hydrogen-bond donors (Lipinski definition) is 0. The lowest BCUT2D eigenvalue weighted by Gasteiger charge is -2.10. The number of rotatable bonds is 3. The van der Waals surface area contributed by atoms with Crippen LogP contribution in [0.4, 0.5) is 0 Å². The van der Waals surface area contributed by atoms with Crippen molar-refractivity contribution in [3.8, 4) is 0 Å². The zero-order valence-electron chi connectivity index (χ0n) is 11.5. The highest BCUT2D eigenvalue weighted by atomic mass is 15.4. The van der Waals surface area contributed by atoms with E-state index in [9.17, 15) is 0 Å². The average molecular weight is 254 g/mol. The topological polar surface area (TPSA) is 35.6 Å². The number of benzene rings is 1. The molecular weight excluding hydrogens is 236 g/mol. The van der Waals surface area contributed by atoms with E-state index in [1.54, 1.807) is 6.33 Å². The summed E-state index contributed by atoms with van der Waals surface area (Å²) in [5.41, 5.74) is 2.52. The molecule has 2 heterocycles. The first kappa shape index (κ1) is 12.0. The first-order valence-electron chi connectivity index (χ1n) is 6.59. The standard InChI is InChI=1S/C15H18N4/c1-11(2)19-15(16-10-17-19)9-18-7-6-13-5-4-12(3)8-14(13)18/h4-8,10-11H,9H2,1-3H3. The maximum Gasteiger partial charge on any atom is 0.147 e. The lowest BCUT2D eigenvalue weighted by atomic mass is 10.2. The minimum absolute atomic E-state index is 0.334. The zero-order valence-corrected chi connectivity index (χ0v) is 11.5. The van der Waals surface area contributed by atoms with E-state index in [2.05, 4.69) is 65.9 Å². The number of hydrogen-bond acceptors (Lipinski definition) is 2. The number of fused-ring (bicyclic) bond motifs is 1. The molecule has 98 valence electrons. The van der Waals surface area contributed by atoms with Gasteiger partial charge in [0.05, 0.1) is 6.54 Å². The third-order valence-electron chi connectivity index (χ3n) is 3.38. The Labute approximate surface area is 112 Å². The summed E-state index contributed by atoms with van der Waals surface area (Å²) in [6.45, 7) is 7.12. The first-order valence-corrected chi connectivity index (χ1v) is 6.59. The van der Waals surface area contributed by atoms with Gasteiger partial charge < -0.3 is 4.57 Å². The molecule has 4 nitrogen and oxygen atoms in total. The third-order valence-corrected chi connectivity index (χ3v) is 3.38. The van der Waals surface area contributed by atoms with E-state index in [4.69, 9.17) is 0 Å². The molecule has 0 amide bonds. The predicted molar refractivity (Wildman–Crippen MR) is 76.2 cm³/mol. The van der Waals surface area contributed by atoms with E-state index < -0.39 is 0 Å². The Balaban J connectivity index is 2.01. The fourth-order valence-electron chi connectivity index (χ4n) is 2.40. The molecule has 4 heteroatoms. The van der Waals surface area contributed by atoms with Crippen molar-refractivity contribution in [2.45, 2.75) is 33.4 Å². The Morgan fingerprint density at radius 2 is 2.05 bits per heavy atom. The van der Waals surface area contributed by atoms with Crippen molar-refractivity contribution in [2.24, 2.45) is 0 Å². The van der Waals surface area contributed by atoms with Crippen LogP contribution in [0.2, 0.25) is 0 Å². The molecule has 0 aliphatic rings. The van der Waals surface area contributed by atoms with Crippen LogP contribution in [0, 0.1) is 6.92 Å². The summed E-state index contributed by atoms with van der Waals surface area (Å²) in [6.07, 6.45) is 3.75. The number of aromatic nitrogens is 4. The van der Waals surface area contributed by atoms with Crippen molar-refractivity contribution in [3.05, 3.63) is 48.2 Å². The second-order valence-electron chi connectivity index (χ2n) is 5.22. The highest BCUT2D eigenvalue weighted by Crippen LogP contribution is 2.18. The second kappa shape index (κ2) is 4.53. The van der Waals surface area contributed by atoms with Crippen LogP contribution >= 0.6 is 0 Å². The summed E-state index contributed by atoms with van der Waals surface area (Å²) in [5, 5.41) is 5.55. The minimum atomic E-state index is 0.334. The molecule has 2 aromatic heterocycles. The van der Waals surface area contributed by atoms with Crippen molar-refractivity contribution < 1.29 is 0 Å².